The smallest absolute Gasteiger partial charge is 0.255 e. The van der Waals surface area contributed by atoms with Crippen molar-refractivity contribution >= 4 is 35.0 Å². The van der Waals surface area contributed by atoms with Gasteiger partial charge in [-0.3, -0.25) is 14.6 Å². The van der Waals surface area contributed by atoms with Gasteiger partial charge >= 0.3 is 0 Å². The lowest BCUT2D eigenvalue weighted by molar-refractivity contribution is -0.111. The highest BCUT2D eigenvalue weighted by Crippen LogP contribution is 2.18. The van der Waals surface area contributed by atoms with Crippen LogP contribution in [0.5, 0.6) is 0 Å². The molecule has 0 saturated carbocycles. The van der Waals surface area contributed by atoms with Crippen LogP contribution in [0.4, 0.5) is 11.4 Å². The van der Waals surface area contributed by atoms with Crippen LogP contribution in [0, 0.1) is 0 Å². The number of carbonyl (C=O) groups excluding carboxylic acids is 1. The van der Waals surface area contributed by atoms with E-state index < -0.39 is 0 Å². The maximum atomic E-state index is 12.4. The summed E-state index contributed by atoms with van der Waals surface area (Å²) in [5, 5.41) is 4.38. The number of nitrogens with two attached hydrogens (primary N) is 1. The fraction of sp³-hybridized carbons (Fsp3) is 0.0952. The molecule has 3 N–H and O–H groups in total. The third-order valence-corrected chi connectivity index (χ3v) is 4.24. The fourth-order valence-electron chi connectivity index (χ4n) is 2.50. The van der Waals surface area contributed by atoms with Crippen LogP contribution in [0.2, 0.25) is 0 Å². The van der Waals surface area contributed by atoms with E-state index in [1.54, 1.807) is 41.7 Å². The molecule has 6 nitrogen and oxygen atoms in total. The van der Waals surface area contributed by atoms with Gasteiger partial charge in [0.15, 0.2) is 0 Å². The molecule has 0 saturated heterocycles. The molecule has 0 spiro atoms. The first-order valence-electron chi connectivity index (χ1n) is 8.64. The first-order chi connectivity index (χ1) is 13.7. The summed E-state index contributed by atoms with van der Waals surface area (Å²) in [6.45, 7) is 0.845. The Bertz CT molecular complexity index is 933. The van der Waals surface area contributed by atoms with Crippen molar-refractivity contribution in [2.24, 2.45) is 0 Å². The zero-order valence-electron chi connectivity index (χ0n) is 15.1. The van der Waals surface area contributed by atoms with Crippen molar-refractivity contribution in [3.63, 3.8) is 0 Å². The monoisotopic (exact) mass is 392 g/mol. The summed E-state index contributed by atoms with van der Waals surface area (Å²) in [5.74, 6) is -0.219. The first-order valence-corrected chi connectivity index (χ1v) is 9.11. The number of aromatic nitrogens is 1. The molecule has 2 aromatic carbocycles. The molecule has 7 heteroatoms. The van der Waals surface area contributed by atoms with Gasteiger partial charge < -0.3 is 11.1 Å². The number of rotatable bonds is 8. The van der Waals surface area contributed by atoms with Crippen LogP contribution in [0.1, 0.15) is 21.5 Å². The number of para-hydroxylation sites is 2. The van der Waals surface area contributed by atoms with E-state index in [1.165, 1.54) is 5.49 Å². The van der Waals surface area contributed by atoms with Crippen LogP contribution in [-0.4, -0.2) is 21.4 Å². The second-order valence-electron chi connectivity index (χ2n) is 6.05. The van der Waals surface area contributed by atoms with Gasteiger partial charge in [0.05, 0.1) is 23.4 Å². The van der Waals surface area contributed by atoms with Crippen molar-refractivity contribution < 1.29 is 9.63 Å². The second kappa shape index (κ2) is 9.59. The maximum absolute atomic E-state index is 12.4. The molecule has 1 heterocycles. The second-order valence-corrected chi connectivity index (χ2v) is 6.26. The minimum Gasteiger partial charge on any atom is -0.397 e. The standard InChI is InChI=1S/C21H20N4O2S/c22-19-5-1-2-6-20(19)24-21(26)18-9-7-16(8-10-18)13-25(15-28)27-14-17-4-3-11-23-12-17/h1-12,15H,13-14,22H2,(H,24,26). The van der Waals surface area contributed by atoms with E-state index in [0.717, 1.165) is 11.1 Å². The Morgan fingerprint density at radius 3 is 2.57 bits per heavy atom. The van der Waals surface area contributed by atoms with Gasteiger partial charge in [0, 0.05) is 18.0 Å². The summed E-state index contributed by atoms with van der Waals surface area (Å²) < 4.78 is 0. The van der Waals surface area contributed by atoms with Crippen molar-refractivity contribution in [2.75, 3.05) is 11.1 Å². The summed E-state index contributed by atoms with van der Waals surface area (Å²) in [4.78, 5) is 22.1. The van der Waals surface area contributed by atoms with Gasteiger partial charge in [-0.15, -0.1) is 0 Å². The summed E-state index contributed by atoms with van der Waals surface area (Å²) in [5.41, 5.74) is 10.9. The summed E-state index contributed by atoms with van der Waals surface area (Å²) >= 11 is 5.02. The normalized spacial score (nSPS) is 10.3. The zero-order chi connectivity index (χ0) is 19.8. The molecule has 3 rings (SSSR count). The minimum absolute atomic E-state index is 0.219. The van der Waals surface area contributed by atoms with Gasteiger partial charge in [-0.25, -0.2) is 5.06 Å². The average Bonchev–Trinajstić information content (AvgIpc) is 2.74. The Morgan fingerprint density at radius 1 is 1.11 bits per heavy atom. The number of hydrogen-bond acceptors (Lipinski definition) is 5. The molecule has 0 aliphatic rings. The Labute approximate surface area is 168 Å². The van der Waals surface area contributed by atoms with E-state index in [1.807, 2.05) is 36.4 Å². The number of pyridine rings is 1. The highest BCUT2D eigenvalue weighted by Gasteiger charge is 2.09. The van der Waals surface area contributed by atoms with Gasteiger partial charge in [0.2, 0.25) is 0 Å². The third kappa shape index (κ3) is 5.35. The van der Waals surface area contributed by atoms with Crippen LogP contribution < -0.4 is 11.1 Å². The molecule has 0 unspecified atom stereocenters. The Hall–Kier alpha value is -3.29. The summed E-state index contributed by atoms with van der Waals surface area (Å²) in [7, 11) is 0. The lowest BCUT2D eigenvalue weighted by Gasteiger charge is -2.18. The van der Waals surface area contributed by atoms with E-state index in [0.29, 0.717) is 30.1 Å². The van der Waals surface area contributed by atoms with E-state index in [-0.39, 0.29) is 5.91 Å². The predicted octanol–water partition coefficient (Wildman–Crippen LogP) is 3.81. The molecular weight excluding hydrogens is 372 g/mol. The van der Waals surface area contributed by atoms with Crippen molar-refractivity contribution in [3.05, 3.63) is 89.7 Å². The molecule has 0 radical (unpaired) electrons. The van der Waals surface area contributed by atoms with Gasteiger partial charge in [0.1, 0.15) is 6.61 Å². The zero-order valence-corrected chi connectivity index (χ0v) is 15.9. The molecule has 1 aromatic heterocycles. The number of thiocarbonyl (C=S) groups is 1. The lowest BCUT2D eigenvalue weighted by atomic mass is 10.1. The molecule has 28 heavy (non-hydrogen) atoms. The number of anilines is 2. The number of nitrogens with zero attached hydrogens (tertiary/aromatic N) is 2. The molecule has 0 bridgehead atoms. The van der Waals surface area contributed by atoms with Crippen LogP contribution in [-0.2, 0) is 18.0 Å². The molecule has 142 valence electrons. The number of amides is 1. The summed E-state index contributed by atoms with van der Waals surface area (Å²) in [6, 6.07) is 18.2. The molecule has 0 fully saturated rings. The van der Waals surface area contributed by atoms with Crippen molar-refractivity contribution in [1.29, 1.82) is 0 Å². The van der Waals surface area contributed by atoms with Crippen LogP contribution >= 0.6 is 12.2 Å². The van der Waals surface area contributed by atoms with E-state index in [9.17, 15) is 4.79 Å². The Kier molecular flexibility index (Phi) is 6.67. The van der Waals surface area contributed by atoms with Crippen LogP contribution in [0.25, 0.3) is 0 Å². The average molecular weight is 392 g/mol. The molecule has 0 aliphatic carbocycles. The molecule has 0 aliphatic heterocycles. The van der Waals surface area contributed by atoms with E-state index in [2.05, 4.69) is 10.3 Å². The highest BCUT2D eigenvalue weighted by molar-refractivity contribution is 7.78. The number of carbonyl (C=O) groups is 1. The largest absolute Gasteiger partial charge is 0.397 e. The van der Waals surface area contributed by atoms with Crippen molar-refractivity contribution in [2.45, 2.75) is 13.2 Å². The van der Waals surface area contributed by atoms with Gasteiger partial charge in [-0.05, 0) is 41.5 Å². The number of nitrogens with one attached hydrogen (secondary N) is 1. The van der Waals surface area contributed by atoms with Gasteiger partial charge in [-0.2, -0.15) is 0 Å². The number of nitrogen functional groups attached to an aromatic ring is 1. The third-order valence-electron chi connectivity index (χ3n) is 4.00. The molecule has 1 amide bonds. The maximum Gasteiger partial charge on any atom is 0.255 e. The van der Waals surface area contributed by atoms with E-state index in [4.69, 9.17) is 22.8 Å². The van der Waals surface area contributed by atoms with Gasteiger partial charge in [0.25, 0.3) is 5.91 Å². The Morgan fingerprint density at radius 2 is 1.89 bits per heavy atom. The van der Waals surface area contributed by atoms with Crippen molar-refractivity contribution in [1.82, 2.24) is 10.0 Å². The Balaban J connectivity index is 1.57. The summed E-state index contributed by atoms with van der Waals surface area (Å²) in [6.07, 6.45) is 3.46. The van der Waals surface area contributed by atoms with E-state index >= 15 is 0 Å². The van der Waals surface area contributed by atoms with Gasteiger partial charge in [-0.1, -0.05) is 42.5 Å². The lowest BCUT2D eigenvalue weighted by Crippen LogP contribution is -2.21. The van der Waals surface area contributed by atoms with Crippen LogP contribution in [0.15, 0.2) is 73.1 Å². The minimum atomic E-state index is -0.219. The molecular formula is C21H20N4O2S. The number of hydroxylamine groups is 2. The number of hydrogen-bond donors (Lipinski definition) is 2. The highest BCUT2D eigenvalue weighted by atomic mass is 32.1. The fourth-order valence-corrected chi connectivity index (χ4v) is 2.64. The number of benzene rings is 2. The molecule has 0 atom stereocenters. The SMILES string of the molecule is Nc1ccccc1NC(=O)c1ccc(CN(C=S)OCc2cccnc2)cc1. The van der Waals surface area contributed by atoms with Crippen LogP contribution in [0.3, 0.4) is 0 Å². The first kappa shape index (κ1) is 19.5. The van der Waals surface area contributed by atoms with Crippen molar-refractivity contribution in [3.8, 4) is 0 Å². The molecule has 3 aromatic rings. The topological polar surface area (TPSA) is 80.5 Å². The predicted molar refractivity (Wildman–Crippen MR) is 113 cm³/mol. The quantitative estimate of drug-likeness (QED) is 0.345.